The molecule has 114 valence electrons. The largest absolute Gasteiger partial charge is 0.477 e. The minimum absolute atomic E-state index is 0.118. The van der Waals surface area contributed by atoms with Crippen molar-refractivity contribution in [2.24, 2.45) is 5.92 Å². The number of hydrogen-bond donors (Lipinski definition) is 1. The topological polar surface area (TPSA) is 83.7 Å². The molecule has 0 radical (unpaired) electrons. The van der Waals surface area contributed by atoms with Gasteiger partial charge in [-0.25, -0.2) is 9.18 Å². The molecule has 0 unspecified atom stereocenters. The first-order chi connectivity index (χ1) is 9.93. The van der Waals surface area contributed by atoms with Gasteiger partial charge >= 0.3 is 5.97 Å². The Kier molecular flexibility index (Phi) is 4.40. The van der Waals surface area contributed by atoms with Gasteiger partial charge in [-0.05, 0) is 31.7 Å². The molecule has 0 atom stereocenters. The standard InChI is InChI=1S/C14H17FN2O4/c1-2-16(8-9-4-3-5-9)13-6-10(14(18)19)12(17(20)21)7-11(13)15/h6-7,9H,2-5,8H2,1H3,(H,18,19). The van der Waals surface area contributed by atoms with Crippen molar-refractivity contribution in [3.8, 4) is 0 Å². The second-order valence-electron chi connectivity index (χ2n) is 5.22. The fourth-order valence-corrected chi connectivity index (χ4v) is 2.50. The van der Waals surface area contributed by atoms with Crippen molar-refractivity contribution in [3.05, 3.63) is 33.6 Å². The fraction of sp³-hybridized carbons (Fsp3) is 0.500. The molecule has 1 aliphatic rings. The summed E-state index contributed by atoms with van der Waals surface area (Å²) in [6, 6.07) is 1.76. The molecule has 0 saturated heterocycles. The summed E-state index contributed by atoms with van der Waals surface area (Å²) in [5.41, 5.74) is -1.08. The highest BCUT2D eigenvalue weighted by molar-refractivity contribution is 5.93. The Morgan fingerprint density at radius 3 is 2.62 bits per heavy atom. The van der Waals surface area contributed by atoms with Gasteiger partial charge < -0.3 is 10.0 Å². The lowest BCUT2D eigenvalue weighted by Gasteiger charge is -2.33. The highest BCUT2D eigenvalue weighted by atomic mass is 19.1. The van der Waals surface area contributed by atoms with E-state index in [4.69, 9.17) is 5.11 Å². The van der Waals surface area contributed by atoms with E-state index in [1.807, 2.05) is 6.92 Å². The predicted molar refractivity (Wildman–Crippen MR) is 75.2 cm³/mol. The van der Waals surface area contributed by atoms with Crippen molar-refractivity contribution in [2.75, 3.05) is 18.0 Å². The number of rotatable bonds is 6. The number of hydrogen-bond acceptors (Lipinski definition) is 4. The lowest BCUT2D eigenvalue weighted by Crippen LogP contribution is -2.33. The van der Waals surface area contributed by atoms with Crippen LogP contribution in [0.15, 0.2) is 12.1 Å². The summed E-state index contributed by atoms with van der Waals surface area (Å²) in [7, 11) is 0. The number of nitro benzene ring substituents is 1. The molecule has 21 heavy (non-hydrogen) atoms. The maximum absolute atomic E-state index is 14.1. The van der Waals surface area contributed by atoms with Crippen LogP contribution in [-0.2, 0) is 0 Å². The predicted octanol–water partition coefficient (Wildman–Crippen LogP) is 3.06. The first-order valence-electron chi connectivity index (χ1n) is 6.90. The second kappa shape index (κ2) is 6.07. The number of aromatic carboxylic acids is 1. The van der Waals surface area contributed by atoms with Gasteiger partial charge in [0, 0.05) is 13.1 Å². The summed E-state index contributed by atoms with van der Waals surface area (Å²) in [4.78, 5) is 22.8. The van der Waals surface area contributed by atoms with E-state index < -0.39 is 28.0 Å². The van der Waals surface area contributed by atoms with Gasteiger partial charge in [-0.1, -0.05) is 6.42 Å². The number of carboxylic acid groups (broad SMARTS) is 1. The zero-order valence-electron chi connectivity index (χ0n) is 11.7. The van der Waals surface area contributed by atoms with E-state index in [9.17, 15) is 19.3 Å². The van der Waals surface area contributed by atoms with Gasteiger partial charge in [-0.2, -0.15) is 0 Å². The molecule has 0 aliphatic heterocycles. The third kappa shape index (κ3) is 3.12. The maximum Gasteiger partial charge on any atom is 0.342 e. The zero-order valence-corrected chi connectivity index (χ0v) is 11.7. The molecule has 1 N–H and O–H groups in total. The fourth-order valence-electron chi connectivity index (χ4n) is 2.50. The van der Waals surface area contributed by atoms with Crippen LogP contribution in [0.25, 0.3) is 0 Å². The molecule has 1 aliphatic carbocycles. The van der Waals surface area contributed by atoms with Crippen molar-refractivity contribution in [1.82, 2.24) is 0 Å². The third-order valence-corrected chi connectivity index (χ3v) is 3.92. The summed E-state index contributed by atoms with van der Waals surface area (Å²) in [6.07, 6.45) is 3.32. The van der Waals surface area contributed by atoms with Crippen LogP contribution in [0.1, 0.15) is 36.5 Å². The second-order valence-corrected chi connectivity index (χ2v) is 5.22. The molecule has 0 heterocycles. The minimum Gasteiger partial charge on any atom is -0.477 e. The van der Waals surface area contributed by atoms with Gasteiger partial charge in [0.05, 0.1) is 16.7 Å². The summed E-state index contributed by atoms with van der Waals surface area (Å²) >= 11 is 0. The van der Waals surface area contributed by atoms with Crippen LogP contribution in [-0.4, -0.2) is 29.1 Å². The van der Waals surface area contributed by atoms with Gasteiger partial charge in [0.15, 0.2) is 5.82 Å². The maximum atomic E-state index is 14.1. The SMILES string of the molecule is CCN(CC1CCC1)c1cc(C(=O)O)c([N+](=O)[O-])cc1F. The van der Waals surface area contributed by atoms with Crippen molar-refractivity contribution in [2.45, 2.75) is 26.2 Å². The number of benzene rings is 1. The molecule has 0 amide bonds. The number of halogens is 1. The Morgan fingerprint density at radius 2 is 2.19 bits per heavy atom. The van der Waals surface area contributed by atoms with Gasteiger partial charge in [0.1, 0.15) is 5.56 Å². The van der Waals surface area contributed by atoms with Crippen LogP contribution in [0.4, 0.5) is 15.8 Å². The Balaban J connectivity index is 2.39. The number of carboxylic acids is 1. The molecule has 1 aromatic carbocycles. The van der Waals surface area contributed by atoms with Gasteiger partial charge in [-0.15, -0.1) is 0 Å². The molecule has 1 aromatic rings. The molecule has 0 spiro atoms. The van der Waals surface area contributed by atoms with Crippen molar-refractivity contribution in [3.63, 3.8) is 0 Å². The highest BCUT2D eigenvalue weighted by Gasteiger charge is 2.27. The van der Waals surface area contributed by atoms with Crippen LogP contribution in [0.3, 0.4) is 0 Å². The smallest absolute Gasteiger partial charge is 0.342 e. The molecular formula is C14H17FN2O4. The average Bonchev–Trinajstić information content (AvgIpc) is 2.37. The first-order valence-corrected chi connectivity index (χ1v) is 6.90. The Bertz CT molecular complexity index is 572. The van der Waals surface area contributed by atoms with Crippen molar-refractivity contribution >= 4 is 17.3 Å². The molecular weight excluding hydrogens is 279 g/mol. The minimum atomic E-state index is -1.43. The van der Waals surface area contributed by atoms with E-state index in [1.54, 1.807) is 4.90 Å². The average molecular weight is 296 g/mol. The van der Waals surface area contributed by atoms with E-state index in [1.165, 1.54) is 0 Å². The Labute approximate surface area is 121 Å². The quantitative estimate of drug-likeness (QED) is 0.644. The lowest BCUT2D eigenvalue weighted by molar-refractivity contribution is -0.385. The van der Waals surface area contributed by atoms with Crippen LogP contribution in [0, 0.1) is 21.8 Å². The van der Waals surface area contributed by atoms with E-state index in [2.05, 4.69) is 0 Å². The van der Waals surface area contributed by atoms with Crippen molar-refractivity contribution in [1.29, 1.82) is 0 Å². The van der Waals surface area contributed by atoms with Gasteiger partial charge in [0.2, 0.25) is 0 Å². The summed E-state index contributed by atoms with van der Waals surface area (Å²) < 4.78 is 14.1. The van der Waals surface area contributed by atoms with Gasteiger partial charge in [-0.3, -0.25) is 10.1 Å². The lowest BCUT2D eigenvalue weighted by atomic mass is 9.85. The molecule has 2 rings (SSSR count). The van der Waals surface area contributed by atoms with Crippen molar-refractivity contribution < 1.29 is 19.2 Å². The molecule has 6 nitrogen and oxygen atoms in total. The van der Waals surface area contributed by atoms with E-state index >= 15 is 0 Å². The van der Waals surface area contributed by atoms with Gasteiger partial charge in [0.25, 0.3) is 5.69 Å². The number of nitro groups is 1. The zero-order chi connectivity index (χ0) is 15.6. The van der Waals surface area contributed by atoms with Crippen LogP contribution in [0.2, 0.25) is 0 Å². The number of anilines is 1. The number of carbonyl (C=O) groups is 1. The van der Waals surface area contributed by atoms with E-state index in [0.29, 0.717) is 25.1 Å². The number of nitrogens with zero attached hydrogens (tertiary/aromatic N) is 2. The summed E-state index contributed by atoms with van der Waals surface area (Å²) in [6.45, 7) is 3.01. The molecule has 1 fully saturated rings. The summed E-state index contributed by atoms with van der Waals surface area (Å²) in [5.74, 6) is -1.71. The molecule has 7 heteroatoms. The van der Waals surface area contributed by atoms with E-state index in [-0.39, 0.29) is 5.69 Å². The van der Waals surface area contributed by atoms with Crippen LogP contribution >= 0.6 is 0 Å². The first kappa shape index (κ1) is 15.2. The van der Waals surface area contributed by atoms with E-state index in [0.717, 1.165) is 25.3 Å². The third-order valence-electron chi connectivity index (χ3n) is 3.92. The molecule has 1 saturated carbocycles. The van der Waals surface area contributed by atoms with Crippen LogP contribution < -0.4 is 4.90 Å². The highest BCUT2D eigenvalue weighted by Crippen LogP contribution is 2.32. The molecule has 0 aromatic heterocycles. The monoisotopic (exact) mass is 296 g/mol. The van der Waals surface area contributed by atoms with Crippen LogP contribution in [0.5, 0.6) is 0 Å². The molecule has 0 bridgehead atoms. The normalized spacial score (nSPS) is 14.6. The Hall–Kier alpha value is -2.18. The Morgan fingerprint density at radius 1 is 1.52 bits per heavy atom. The summed E-state index contributed by atoms with van der Waals surface area (Å²) in [5, 5.41) is 19.9.